The topological polar surface area (TPSA) is 71.2 Å². The number of fused-ring (bicyclic) bond motifs is 1. The number of ether oxygens (including phenoxy) is 1. The van der Waals surface area contributed by atoms with E-state index in [0.717, 1.165) is 16.5 Å². The van der Waals surface area contributed by atoms with Crippen molar-refractivity contribution in [1.82, 2.24) is 10.3 Å². The Morgan fingerprint density at radius 1 is 1.11 bits per heavy atom. The Hall–Kier alpha value is -3.15. The molecule has 2 N–H and O–H groups in total. The highest BCUT2D eigenvalue weighted by atomic mass is 19.1. The number of aryl methyl sites for hydroxylation is 1. The minimum atomic E-state index is -0.803. The lowest BCUT2D eigenvalue weighted by molar-refractivity contribution is -0.145. The number of aromatic amines is 1. The largest absolute Gasteiger partial charge is 0.467 e. The van der Waals surface area contributed by atoms with Crippen LogP contribution in [0.15, 0.2) is 54.7 Å². The van der Waals surface area contributed by atoms with E-state index >= 15 is 0 Å². The molecule has 3 rings (SSSR count). The molecule has 6 heteroatoms. The maximum atomic E-state index is 13.7. The number of benzene rings is 2. The summed E-state index contributed by atoms with van der Waals surface area (Å²) in [7, 11) is 1.29. The van der Waals surface area contributed by atoms with Crippen LogP contribution in [-0.4, -0.2) is 30.0 Å². The van der Waals surface area contributed by atoms with Gasteiger partial charge in [0, 0.05) is 29.9 Å². The van der Waals surface area contributed by atoms with Crippen LogP contribution in [-0.2, 0) is 27.2 Å². The number of methoxy groups -OCH3 is 1. The normalized spacial score (nSPS) is 11.9. The molecule has 0 aliphatic carbocycles. The van der Waals surface area contributed by atoms with Crippen molar-refractivity contribution in [2.45, 2.75) is 25.3 Å². The zero-order chi connectivity index (χ0) is 19.2. The van der Waals surface area contributed by atoms with Crippen LogP contribution in [0.5, 0.6) is 0 Å². The number of hydrogen-bond donors (Lipinski definition) is 2. The number of carbonyl (C=O) groups is 2. The number of rotatable bonds is 7. The van der Waals surface area contributed by atoms with E-state index in [1.165, 1.54) is 13.2 Å². The van der Waals surface area contributed by atoms with Gasteiger partial charge in [-0.05, 0) is 29.7 Å². The van der Waals surface area contributed by atoms with E-state index in [4.69, 9.17) is 4.74 Å². The van der Waals surface area contributed by atoms with Gasteiger partial charge in [-0.3, -0.25) is 4.79 Å². The molecule has 0 aliphatic heterocycles. The average Bonchev–Trinajstić information content (AvgIpc) is 3.09. The molecule has 0 spiro atoms. The second-order valence-electron chi connectivity index (χ2n) is 6.30. The van der Waals surface area contributed by atoms with Crippen LogP contribution in [0.2, 0.25) is 0 Å². The second kappa shape index (κ2) is 8.49. The highest BCUT2D eigenvalue weighted by molar-refractivity contribution is 5.87. The van der Waals surface area contributed by atoms with Crippen LogP contribution in [0.4, 0.5) is 4.39 Å². The summed E-state index contributed by atoms with van der Waals surface area (Å²) < 4.78 is 18.5. The maximum absolute atomic E-state index is 13.7. The molecule has 1 aromatic heterocycles. The van der Waals surface area contributed by atoms with Gasteiger partial charge >= 0.3 is 5.97 Å². The summed E-state index contributed by atoms with van der Waals surface area (Å²) in [5, 5.41) is 3.70. The van der Waals surface area contributed by atoms with Crippen molar-refractivity contribution < 1.29 is 18.7 Å². The van der Waals surface area contributed by atoms with Crippen molar-refractivity contribution in [3.63, 3.8) is 0 Å². The first kappa shape index (κ1) is 18.6. The minimum absolute atomic E-state index is 0.0856. The molecule has 0 saturated heterocycles. The van der Waals surface area contributed by atoms with E-state index in [0.29, 0.717) is 12.0 Å². The van der Waals surface area contributed by atoms with Crippen molar-refractivity contribution in [2.24, 2.45) is 0 Å². The van der Waals surface area contributed by atoms with Crippen LogP contribution in [0.25, 0.3) is 10.9 Å². The third-order valence-electron chi connectivity index (χ3n) is 4.50. The van der Waals surface area contributed by atoms with Crippen LogP contribution in [0, 0.1) is 5.82 Å². The highest BCUT2D eigenvalue weighted by Crippen LogP contribution is 2.19. The molecule has 0 aliphatic rings. The number of amides is 1. The summed E-state index contributed by atoms with van der Waals surface area (Å²) in [5.41, 5.74) is 2.34. The molecule has 1 unspecified atom stereocenters. The van der Waals surface area contributed by atoms with Gasteiger partial charge in [0.25, 0.3) is 0 Å². The molecule has 140 valence electrons. The summed E-state index contributed by atoms with van der Waals surface area (Å²) >= 11 is 0. The first-order valence-electron chi connectivity index (χ1n) is 8.74. The van der Waals surface area contributed by atoms with Gasteiger partial charge in [0.2, 0.25) is 5.91 Å². The van der Waals surface area contributed by atoms with Gasteiger partial charge in [0.15, 0.2) is 0 Å². The summed E-state index contributed by atoms with van der Waals surface area (Å²) in [5.74, 6) is -1.18. The fraction of sp³-hybridized carbons (Fsp3) is 0.238. The summed E-state index contributed by atoms with van der Waals surface area (Å²) in [6, 6.07) is 13.3. The Kier molecular flexibility index (Phi) is 5.86. The Morgan fingerprint density at radius 3 is 2.63 bits per heavy atom. The smallest absolute Gasteiger partial charge is 0.328 e. The Balaban J connectivity index is 1.67. The van der Waals surface area contributed by atoms with Gasteiger partial charge in [-0.2, -0.15) is 0 Å². The number of aromatic nitrogens is 1. The number of carbonyl (C=O) groups excluding carboxylic acids is 2. The molecular formula is C21H21FN2O3. The number of halogens is 1. The third-order valence-corrected chi connectivity index (χ3v) is 4.50. The van der Waals surface area contributed by atoms with E-state index in [2.05, 4.69) is 10.3 Å². The number of para-hydroxylation sites is 1. The molecule has 1 atom stereocenters. The molecule has 0 radical (unpaired) electrons. The number of esters is 1. The molecule has 5 nitrogen and oxygen atoms in total. The van der Waals surface area contributed by atoms with Gasteiger partial charge in [-0.1, -0.05) is 36.4 Å². The van der Waals surface area contributed by atoms with Crippen LogP contribution < -0.4 is 5.32 Å². The first-order chi connectivity index (χ1) is 13.1. The third kappa shape index (κ3) is 4.53. The maximum Gasteiger partial charge on any atom is 0.328 e. The predicted molar refractivity (Wildman–Crippen MR) is 101 cm³/mol. The lowest BCUT2D eigenvalue weighted by Crippen LogP contribution is -2.43. The molecule has 0 fully saturated rings. The van der Waals surface area contributed by atoms with E-state index in [1.807, 2.05) is 30.5 Å². The monoisotopic (exact) mass is 368 g/mol. The first-order valence-corrected chi connectivity index (χ1v) is 8.74. The molecule has 0 saturated carbocycles. The molecule has 1 heterocycles. The van der Waals surface area contributed by atoms with E-state index in [-0.39, 0.29) is 24.6 Å². The van der Waals surface area contributed by atoms with Crippen LogP contribution in [0.1, 0.15) is 17.5 Å². The van der Waals surface area contributed by atoms with E-state index < -0.39 is 12.0 Å². The zero-order valence-corrected chi connectivity index (χ0v) is 15.0. The molecule has 1 amide bonds. The fourth-order valence-electron chi connectivity index (χ4n) is 3.07. The van der Waals surface area contributed by atoms with Crippen LogP contribution >= 0.6 is 0 Å². The molecule has 2 aromatic carbocycles. The molecule has 3 aromatic rings. The van der Waals surface area contributed by atoms with Crippen molar-refractivity contribution >= 4 is 22.8 Å². The molecular weight excluding hydrogens is 347 g/mol. The van der Waals surface area contributed by atoms with Crippen molar-refractivity contribution in [3.05, 3.63) is 71.7 Å². The Bertz CT molecular complexity index is 951. The fourth-order valence-corrected chi connectivity index (χ4v) is 3.07. The summed E-state index contributed by atoms with van der Waals surface area (Å²) in [4.78, 5) is 27.6. The zero-order valence-electron chi connectivity index (χ0n) is 15.0. The predicted octanol–water partition coefficient (Wildman–Crippen LogP) is 3.14. The lowest BCUT2D eigenvalue weighted by atomic mass is 10.0. The van der Waals surface area contributed by atoms with E-state index in [9.17, 15) is 14.0 Å². The van der Waals surface area contributed by atoms with Gasteiger partial charge in [-0.15, -0.1) is 0 Å². The second-order valence-corrected chi connectivity index (χ2v) is 6.30. The Morgan fingerprint density at radius 2 is 1.85 bits per heavy atom. The summed E-state index contributed by atoms with van der Waals surface area (Å²) in [6.45, 7) is 0. The quantitative estimate of drug-likeness (QED) is 0.630. The lowest BCUT2D eigenvalue weighted by Gasteiger charge is -2.16. The van der Waals surface area contributed by atoms with Crippen LogP contribution in [0.3, 0.4) is 0 Å². The number of hydrogen-bond acceptors (Lipinski definition) is 3. The standard InChI is InChI=1S/C21H21FN2O3/c1-27-21(26)19(12-15-13-23-18-9-5-3-7-16(15)18)24-20(25)11-10-14-6-2-4-8-17(14)22/h2-9,13,19,23H,10-12H2,1H3,(H,24,25). The molecule has 27 heavy (non-hydrogen) atoms. The Labute approximate surface area is 156 Å². The van der Waals surface area contributed by atoms with Gasteiger partial charge in [0.1, 0.15) is 11.9 Å². The minimum Gasteiger partial charge on any atom is -0.467 e. The van der Waals surface area contributed by atoms with Crippen molar-refractivity contribution in [1.29, 1.82) is 0 Å². The van der Waals surface area contributed by atoms with Crippen molar-refractivity contribution in [3.8, 4) is 0 Å². The molecule has 0 bridgehead atoms. The van der Waals surface area contributed by atoms with Gasteiger partial charge < -0.3 is 15.0 Å². The number of nitrogens with one attached hydrogen (secondary N) is 2. The number of H-pyrrole nitrogens is 1. The van der Waals surface area contributed by atoms with Crippen molar-refractivity contribution in [2.75, 3.05) is 7.11 Å². The highest BCUT2D eigenvalue weighted by Gasteiger charge is 2.23. The average molecular weight is 368 g/mol. The van der Waals surface area contributed by atoms with E-state index in [1.54, 1.807) is 18.2 Å². The van der Waals surface area contributed by atoms with Gasteiger partial charge in [0.05, 0.1) is 7.11 Å². The SMILES string of the molecule is COC(=O)C(Cc1c[nH]c2ccccc12)NC(=O)CCc1ccccc1F. The van der Waals surface area contributed by atoms with Gasteiger partial charge in [-0.25, -0.2) is 9.18 Å². The summed E-state index contributed by atoms with van der Waals surface area (Å²) in [6.07, 6.45) is 2.48.